The van der Waals surface area contributed by atoms with Gasteiger partial charge in [0.25, 0.3) is 0 Å². The number of hydrogen-bond donors (Lipinski definition) is 2. The van der Waals surface area contributed by atoms with Gasteiger partial charge in [0.1, 0.15) is 17.3 Å². The van der Waals surface area contributed by atoms with E-state index in [2.05, 4.69) is 4.98 Å². The predicted molar refractivity (Wildman–Crippen MR) is 72.4 cm³/mol. The third-order valence-electron chi connectivity index (χ3n) is 2.30. The van der Waals surface area contributed by atoms with Crippen LogP contribution in [0.15, 0.2) is 52.4 Å². The summed E-state index contributed by atoms with van der Waals surface area (Å²) >= 11 is 1.59. The summed E-state index contributed by atoms with van der Waals surface area (Å²) in [4.78, 5) is 6.12. The molecule has 0 atom stereocenters. The standard InChI is InChI=1S/C13H13N3OS/c1-17-9-2-4-10(5-3-9)18-11-6-7-16-12(8-11)13(14)15/h2-8H,1H3,(H3,14,15). The van der Waals surface area contributed by atoms with Crippen molar-refractivity contribution < 1.29 is 4.74 Å². The van der Waals surface area contributed by atoms with Crippen LogP contribution in [0.1, 0.15) is 5.69 Å². The number of nitrogens with zero attached hydrogens (tertiary/aromatic N) is 1. The van der Waals surface area contributed by atoms with Gasteiger partial charge in [0.05, 0.1) is 7.11 Å². The number of aromatic nitrogens is 1. The first-order chi connectivity index (χ1) is 8.69. The van der Waals surface area contributed by atoms with E-state index >= 15 is 0 Å². The molecule has 0 saturated heterocycles. The minimum Gasteiger partial charge on any atom is -0.497 e. The van der Waals surface area contributed by atoms with Crippen molar-refractivity contribution in [2.24, 2.45) is 5.73 Å². The number of hydrogen-bond acceptors (Lipinski definition) is 4. The van der Waals surface area contributed by atoms with Crippen LogP contribution in [0, 0.1) is 5.41 Å². The van der Waals surface area contributed by atoms with Crippen molar-refractivity contribution in [3.05, 3.63) is 48.3 Å². The average Bonchev–Trinajstić information content (AvgIpc) is 2.40. The summed E-state index contributed by atoms with van der Waals surface area (Å²) in [5.74, 6) is 0.811. The van der Waals surface area contributed by atoms with Crippen LogP contribution in [-0.4, -0.2) is 17.9 Å². The zero-order chi connectivity index (χ0) is 13.0. The van der Waals surface area contributed by atoms with Gasteiger partial charge >= 0.3 is 0 Å². The molecule has 4 nitrogen and oxygen atoms in total. The number of benzene rings is 1. The van der Waals surface area contributed by atoms with E-state index in [1.165, 1.54) is 0 Å². The summed E-state index contributed by atoms with van der Waals surface area (Å²) in [6.45, 7) is 0. The highest BCUT2D eigenvalue weighted by atomic mass is 32.2. The molecule has 0 aliphatic heterocycles. The van der Waals surface area contributed by atoms with E-state index < -0.39 is 0 Å². The summed E-state index contributed by atoms with van der Waals surface area (Å²) in [6.07, 6.45) is 1.66. The monoisotopic (exact) mass is 259 g/mol. The molecule has 18 heavy (non-hydrogen) atoms. The van der Waals surface area contributed by atoms with E-state index in [0.29, 0.717) is 5.69 Å². The molecule has 0 spiro atoms. The Bertz CT molecular complexity index is 554. The molecule has 92 valence electrons. The summed E-state index contributed by atoms with van der Waals surface area (Å²) in [6, 6.07) is 11.5. The zero-order valence-corrected chi connectivity index (χ0v) is 10.7. The quantitative estimate of drug-likeness (QED) is 0.653. The fraction of sp³-hybridized carbons (Fsp3) is 0.0769. The van der Waals surface area contributed by atoms with Crippen LogP contribution in [0.25, 0.3) is 0 Å². The third kappa shape index (κ3) is 3.01. The van der Waals surface area contributed by atoms with E-state index in [0.717, 1.165) is 15.5 Å². The van der Waals surface area contributed by atoms with Crippen molar-refractivity contribution in [3.63, 3.8) is 0 Å². The van der Waals surface area contributed by atoms with Crippen molar-refractivity contribution in [2.75, 3.05) is 7.11 Å². The third-order valence-corrected chi connectivity index (χ3v) is 3.30. The van der Waals surface area contributed by atoms with Crippen LogP contribution in [-0.2, 0) is 0 Å². The second-order valence-electron chi connectivity index (χ2n) is 3.57. The van der Waals surface area contributed by atoms with Crippen molar-refractivity contribution in [3.8, 4) is 5.75 Å². The molecule has 2 rings (SSSR count). The van der Waals surface area contributed by atoms with Crippen LogP contribution in [0.5, 0.6) is 5.75 Å². The highest BCUT2D eigenvalue weighted by Gasteiger charge is 2.02. The smallest absolute Gasteiger partial charge is 0.141 e. The molecule has 0 aliphatic carbocycles. The number of nitrogen functional groups attached to an aromatic ring is 1. The molecule has 3 N–H and O–H groups in total. The highest BCUT2D eigenvalue weighted by molar-refractivity contribution is 7.99. The fourth-order valence-electron chi connectivity index (χ4n) is 1.40. The maximum absolute atomic E-state index is 7.35. The number of amidine groups is 1. The lowest BCUT2D eigenvalue weighted by Crippen LogP contribution is -2.12. The molecular formula is C13H13N3OS. The number of methoxy groups -OCH3 is 1. The lowest BCUT2D eigenvalue weighted by Gasteiger charge is -2.04. The van der Waals surface area contributed by atoms with Gasteiger partial charge in [-0.15, -0.1) is 0 Å². The Morgan fingerprint density at radius 1 is 1.22 bits per heavy atom. The summed E-state index contributed by atoms with van der Waals surface area (Å²) in [5.41, 5.74) is 5.90. The van der Waals surface area contributed by atoms with Gasteiger partial charge in [-0.25, -0.2) is 0 Å². The Kier molecular flexibility index (Phi) is 3.84. The number of nitrogens with one attached hydrogen (secondary N) is 1. The number of nitrogens with two attached hydrogens (primary N) is 1. The second-order valence-corrected chi connectivity index (χ2v) is 4.71. The molecule has 1 aromatic carbocycles. The first-order valence-electron chi connectivity index (χ1n) is 5.31. The van der Waals surface area contributed by atoms with E-state index in [-0.39, 0.29) is 5.84 Å². The lowest BCUT2D eigenvalue weighted by atomic mass is 10.3. The van der Waals surface area contributed by atoms with Crippen molar-refractivity contribution >= 4 is 17.6 Å². The van der Waals surface area contributed by atoms with E-state index in [1.54, 1.807) is 31.1 Å². The summed E-state index contributed by atoms with van der Waals surface area (Å²) in [5, 5.41) is 7.35. The Labute approximate surface area is 110 Å². The van der Waals surface area contributed by atoms with Crippen LogP contribution in [0.3, 0.4) is 0 Å². The predicted octanol–water partition coefficient (Wildman–Crippen LogP) is 2.53. The normalized spacial score (nSPS) is 10.1. The van der Waals surface area contributed by atoms with E-state index in [4.69, 9.17) is 15.9 Å². The molecule has 0 bridgehead atoms. The van der Waals surface area contributed by atoms with Crippen molar-refractivity contribution in [1.29, 1.82) is 5.41 Å². The Morgan fingerprint density at radius 3 is 2.56 bits per heavy atom. The Morgan fingerprint density at radius 2 is 1.94 bits per heavy atom. The number of pyridine rings is 1. The van der Waals surface area contributed by atoms with Gasteiger partial charge in [-0.3, -0.25) is 10.4 Å². The zero-order valence-electron chi connectivity index (χ0n) is 9.88. The van der Waals surface area contributed by atoms with Crippen molar-refractivity contribution in [2.45, 2.75) is 9.79 Å². The van der Waals surface area contributed by atoms with Crippen LogP contribution >= 0.6 is 11.8 Å². The molecule has 2 aromatic rings. The van der Waals surface area contributed by atoms with E-state index in [1.807, 2.05) is 30.3 Å². The van der Waals surface area contributed by atoms with E-state index in [9.17, 15) is 0 Å². The maximum Gasteiger partial charge on any atom is 0.141 e. The molecule has 0 fully saturated rings. The van der Waals surface area contributed by atoms with Gasteiger partial charge in [0.15, 0.2) is 0 Å². The number of rotatable bonds is 4. The largest absolute Gasteiger partial charge is 0.497 e. The summed E-state index contributed by atoms with van der Waals surface area (Å²) < 4.78 is 5.11. The van der Waals surface area contributed by atoms with Gasteiger partial charge < -0.3 is 10.5 Å². The Balaban J connectivity index is 2.17. The lowest BCUT2D eigenvalue weighted by molar-refractivity contribution is 0.414. The molecule has 0 unspecified atom stereocenters. The molecule has 0 saturated carbocycles. The van der Waals surface area contributed by atoms with Gasteiger partial charge in [0, 0.05) is 16.0 Å². The van der Waals surface area contributed by atoms with Crippen LogP contribution < -0.4 is 10.5 Å². The van der Waals surface area contributed by atoms with Gasteiger partial charge in [-0.05, 0) is 36.4 Å². The fourth-order valence-corrected chi connectivity index (χ4v) is 2.25. The SMILES string of the molecule is COc1ccc(Sc2ccnc(C(=N)N)c2)cc1. The molecule has 1 aromatic heterocycles. The molecular weight excluding hydrogens is 246 g/mol. The number of ether oxygens (including phenoxy) is 1. The van der Waals surface area contributed by atoms with Crippen LogP contribution in [0.4, 0.5) is 0 Å². The molecule has 0 amide bonds. The topological polar surface area (TPSA) is 72.0 Å². The summed E-state index contributed by atoms with van der Waals surface area (Å²) in [7, 11) is 1.64. The minimum absolute atomic E-state index is 0.0211. The molecule has 5 heteroatoms. The second kappa shape index (κ2) is 5.55. The Hall–Kier alpha value is -2.01. The highest BCUT2D eigenvalue weighted by Crippen LogP contribution is 2.28. The van der Waals surface area contributed by atoms with Gasteiger partial charge in [-0.1, -0.05) is 11.8 Å². The molecule has 0 radical (unpaired) electrons. The van der Waals surface area contributed by atoms with Gasteiger partial charge in [0.2, 0.25) is 0 Å². The van der Waals surface area contributed by atoms with Crippen LogP contribution in [0.2, 0.25) is 0 Å². The van der Waals surface area contributed by atoms with Crippen molar-refractivity contribution in [1.82, 2.24) is 4.98 Å². The van der Waals surface area contributed by atoms with Gasteiger partial charge in [-0.2, -0.15) is 0 Å². The maximum atomic E-state index is 7.35. The molecule has 0 aliphatic rings. The first-order valence-corrected chi connectivity index (χ1v) is 6.13. The minimum atomic E-state index is -0.0211. The average molecular weight is 259 g/mol. The molecule has 1 heterocycles. The first kappa shape index (κ1) is 12.4.